The maximum atomic E-state index is 12.3. The van der Waals surface area contributed by atoms with Crippen molar-refractivity contribution in [1.29, 1.82) is 0 Å². The minimum Gasteiger partial charge on any atom is -0.480 e. The van der Waals surface area contributed by atoms with Crippen LogP contribution in [0.2, 0.25) is 0 Å². The summed E-state index contributed by atoms with van der Waals surface area (Å²) in [5.74, 6) is -1.63. The van der Waals surface area contributed by atoms with Gasteiger partial charge in [-0.15, -0.1) is 0 Å². The molecule has 2 aliphatic rings. The average Bonchev–Trinajstić information content (AvgIpc) is 2.77. The lowest BCUT2D eigenvalue weighted by molar-refractivity contribution is -0.146. The number of carboxylic acids is 1. The third-order valence-corrected chi connectivity index (χ3v) is 5.44. The SMILES string of the molecule is O=C(O)CN(C(=O)CC1COCCN1)C1CCS(=O)(=O)C1. The molecule has 21 heavy (non-hydrogen) atoms. The van der Waals surface area contributed by atoms with Gasteiger partial charge >= 0.3 is 5.97 Å². The molecule has 2 saturated heterocycles. The van der Waals surface area contributed by atoms with Crippen LogP contribution < -0.4 is 5.32 Å². The van der Waals surface area contributed by atoms with Crippen LogP contribution in [0.3, 0.4) is 0 Å². The molecule has 2 atom stereocenters. The van der Waals surface area contributed by atoms with E-state index in [-0.39, 0.29) is 29.9 Å². The van der Waals surface area contributed by atoms with Crippen molar-refractivity contribution < 1.29 is 27.9 Å². The number of aliphatic carboxylic acids is 1. The Bertz CT molecular complexity index is 500. The van der Waals surface area contributed by atoms with E-state index in [1.54, 1.807) is 0 Å². The molecule has 0 aliphatic carbocycles. The van der Waals surface area contributed by atoms with Gasteiger partial charge in [0.05, 0.1) is 24.7 Å². The summed E-state index contributed by atoms with van der Waals surface area (Å²) in [5.41, 5.74) is 0. The third-order valence-electron chi connectivity index (χ3n) is 3.69. The average molecular weight is 320 g/mol. The molecule has 2 aliphatic heterocycles. The topological polar surface area (TPSA) is 113 Å². The van der Waals surface area contributed by atoms with Crippen molar-refractivity contribution in [3.05, 3.63) is 0 Å². The van der Waals surface area contributed by atoms with Crippen LogP contribution in [0.1, 0.15) is 12.8 Å². The van der Waals surface area contributed by atoms with Gasteiger partial charge in [0.1, 0.15) is 6.54 Å². The molecule has 2 heterocycles. The molecule has 8 nitrogen and oxygen atoms in total. The Hall–Kier alpha value is -1.19. The van der Waals surface area contributed by atoms with Crippen molar-refractivity contribution in [1.82, 2.24) is 10.2 Å². The van der Waals surface area contributed by atoms with Crippen LogP contribution in [0.15, 0.2) is 0 Å². The lowest BCUT2D eigenvalue weighted by Crippen LogP contribution is -2.49. The van der Waals surface area contributed by atoms with Crippen LogP contribution in [-0.2, 0) is 24.2 Å². The number of sulfone groups is 1. The number of ether oxygens (including phenoxy) is 1. The number of morpholine rings is 1. The highest BCUT2D eigenvalue weighted by Crippen LogP contribution is 2.19. The smallest absolute Gasteiger partial charge is 0.323 e. The molecule has 2 unspecified atom stereocenters. The Balaban J connectivity index is 2.01. The van der Waals surface area contributed by atoms with Crippen LogP contribution in [0.4, 0.5) is 0 Å². The Morgan fingerprint density at radius 3 is 2.67 bits per heavy atom. The number of nitrogens with zero attached hydrogens (tertiary/aromatic N) is 1. The minimum absolute atomic E-state index is 0.00581. The summed E-state index contributed by atoms with van der Waals surface area (Å²) >= 11 is 0. The lowest BCUT2D eigenvalue weighted by Gasteiger charge is -2.30. The van der Waals surface area contributed by atoms with Crippen molar-refractivity contribution in [2.75, 3.05) is 37.8 Å². The number of carboxylic acid groups (broad SMARTS) is 1. The summed E-state index contributed by atoms with van der Waals surface area (Å²) in [6.45, 7) is 1.17. The van der Waals surface area contributed by atoms with Gasteiger partial charge in [-0.25, -0.2) is 8.42 Å². The monoisotopic (exact) mass is 320 g/mol. The quantitative estimate of drug-likeness (QED) is 0.631. The zero-order valence-electron chi connectivity index (χ0n) is 11.7. The van der Waals surface area contributed by atoms with Crippen molar-refractivity contribution >= 4 is 21.7 Å². The molecule has 0 aromatic carbocycles. The molecule has 9 heteroatoms. The summed E-state index contributed by atoms with van der Waals surface area (Å²) in [4.78, 5) is 24.4. The first-order valence-corrected chi connectivity index (χ1v) is 8.72. The first-order chi connectivity index (χ1) is 9.87. The van der Waals surface area contributed by atoms with E-state index in [9.17, 15) is 18.0 Å². The highest BCUT2D eigenvalue weighted by Gasteiger charge is 2.36. The Labute approximate surface area is 123 Å². The molecular weight excluding hydrogens is 300 g/mol. The number of carbonyl (C=O) groups is 2. The van der Waals surface area contributed by atoms with E-state index in [1.807, 2.05) is 0 Å². The normalized spacial score (nSPS) is 28.2. The summed E-state index contributed by atoms with van der Waals surface area (Å²) in [5, 5.41) is 12.1. The molecular formula is C12H20N2O6S. The molecule has 2 N–H and O–H groups in total. The second kappa shape index (κ2) is 6.71. The minimum atomic E-state index is -3.17. The van der Waals surface area contributed by atoms with Crippen LogP contribution in [0, 0.1) is 0 Å². The van der Waals surface area contributed by atoms with Gasteiger partial charge in [0, 0.05) is 25.0 Å². The highest BCUT2D eigenvalue weighted by molar-refractivity contribution is 7.91. The largest absolute Gasteiger partial charge is 0.480 e. The molecule has 0 bridgehead atoms. The van der Waals surface area contributed by atoms with Crippen LogP contribution in [0.5, 0.6) is 0 Å². The number of hydrogen-bond donors (Lipinski definition) is 2. The molecule has 2 rings (SSSR count). The first-order valence-electron chi connectivity index (χ1n) is 6.90. The van der Waals surface area contributed by atoms with Gasteiger partial charge in [0.2, 0.25) is 5.91 Å². The van der Waals surface area contributed by atoms with Gasteiger partial charge in [-0.05, 0) is 6.42 Å². The summed E-state index contributed by atoms with van der Waals surface area (Å²) in [6.07, 6.45) is 0.416. The van der Waals surface area contributed by atoms with E-state index in [1.165, 1.54) is 4.90 Å². The van der Waals surface area contributed by atoms with Gasteiger partial charge in [-0.2, -0.15) is 0 Å². The lowest BCUT2D eigenvalue weighted by atomic mass is 10.1. The second-order valence-corrected chi connectivity index (χ2v) is 7.63. The molecule has 1 amide bonds. The number of rotatable bonds is 5. The summed E-state index contributed by atoms with van der Waals surface area (Å²) in [7, 11) is -3.17. The van der Waals surface area contributed by atoms with Gasteiger partial charge in [-0.1, -0.05) is 0 Å². The zero-order chi connectivity index (χ0) is 15.5. The number of nitrogens with one attached hydrogen (secondary N) is 1. The molecule has 0 saturated carbocycles. The summed E-state index contributed by atoms with van der Waals surface area (Å²) < 4.78 is 28.3. The fraction of sp³-hybridized carbons (Fsp3) is 0.833. The number of amides is 1. The first kappa shape index (κ1) is 16.2. The maximum absolute atomic E-state index is 12.3. The van der Waals surface area contributed by atoms with E-state index in [4.69, 9.17) is 9.84 Å². The molecule has 2 fully saturated rings. The molecule has 0 aromatic rings. The van der Waals surface area contributed by atoms with Crippen molar-refractivity contribution in [3.8, 4) is 0 Å². The summed E-state index contributed by atoms with van der Waals surface area (Å²) in [6, 6.07) is -0.691. The third kappa shape index (κ3) is 4.65. The van der Waals surface area contributed by atoms with Gasteiger partial charge < -0.3 is 20.1 Å². The number of carbonyl (C=O) groups excluding carboxylic acids is 1. The van der Waals surface area contributed by atoms with Crippen molar-refractivity contribution in [2.24, 2.45) is 0 Å². The van der Waals surface area contributed by atoms with E-state index in [0.29, 0.717) is 26.2 Å². The van der Waals surface area contributed by atoms with Crippen LogP contribution in [-0.4, -0.2) is 80.2 Å². The second-order valence-electron chi connectivity index (χ2n) is 5.40. The Morgan fingerprint density at radius 1 is 1.38 bits per heavy atom. The van der Waals surface area contributed by atoms with Gasteiger partial charge in [-0.3, -0.25) is 9.59 Å². The number of hydrogen-bond acceptors (Lipinski definition) is 6. The van der Waals surface area contributed by atoms with Gasteiger partial charge in [0.15, 0.2) is 9.84 Å². The standard InChI is InChI=1S/C12H20N2O6S/c15-11(5-9-7-20-3-2-13-9)14(6-12(16)17)10-1-4-21(18,19)8-10/h9-10,13H,1-8H2,(H,16,17). The van der Waals surface area contributed by atoms with Crippen LogP contribution >= 0.6 is 0 Å². The molecule has 0 radical (unpaired) electrons. The molecule has 0 spiro atoms. The van der Waals surface area contributed by atoms with Crippen molar-refractivity contribution in [3.63, 3.8) is 0 Å². The Kier molecular flexibility index (Phi) is 5.17. The van der Waals surface area contributed by atoms with E-state index in [2.05, 4.69) is 5.32 Å². The van der Waals surface area contributed by atoms with Crippen molar-refractivity contribution in [2.45, 2.75) is 24.9 Å². The van der Waals surface area contributed by atoms with E-state index < -0.39 is 28.4 Å². The maximum Gasteiger partial charge on any atom is 0.323 e. The van der Waals surface area contributed by atoms with E-state index >= 15 is 0 Å². The van der Waals surface area contributed by atoms with Crippen LogP contribution in [0.25, 0.3) is 0 Å². The highest BCUT2D eigenvalue weighted by atomic mass is 32.2. The predicted octanol–water partition coefficient (Wildman–Crippen LogP) is -1.53. The fourth-order valence-electron chi connectivity index (χ4n) is 2.67. The molecule has 120 valence electrons. The van der Waals surface area contributed by atoms with E-state index in [0.717, 1.165) is 0 Å². The fourth-order valence-corrected chi connectivity index (χ4v) is 4.40. The predicted molar refractivity (Wildman–Crippen MR) is 73.6 cm³/mol. The Morgan fingerprint density at radius 2 is 2.14 bits per heavy atom. The molecule has 0 aromatic heterocycles. The van der Waals surface area contributed by atoms with Gasteiger partial charge in [0.25, 0.3) is 0 Å². The zero-order valence-corrected chi connectivity index (χ0v) is 12.5.